The van der Waals surface area contributed by atoms with Crippen molar-refractivity contribution in [2.45, 2.75) is 70.1 Å². The molecule has 0 spiro atoms. The zero-order valence-electron chi connectivity index (χ0n) is 13.1. The third-order valence-corrected chi connectivity index (χ3v) is 6.51. The Balaban J connectivity index is 2.05. The minimum atomic E-state index is -0.764. The molecule has 0 aromatic heterocycles. The van der Waals surface area contributed by atoms with E-state index in [2.05, 4.69) is 13.8 Å². The van der Waals surface area contributed by atoms with Crippen LogP contribution >= 0.6 is 11.8 Å². The third kappa shape index (κ3) is 4.15. The number of hydrogen-bond acceptors (Lipinski definition) is 3. The Kier molecular flexibility index (Phi) is 5.58. The molecule has 4 nitrogen and oxygen atoms in total. The zero-order chi connectivity index (χ0) is 15.5. The summed E-state index contributed by atoms with van der Waals surface area (Å²) in [5.74, 6) is 0.390. The highest BCUT2D eigenvalue weighted by Gasteiger charge is 2.39. The number of carbonyl (C=O) groups excluding carboxylic acids is 1. The van der Waals surface area contributed by atoms with E-state index in [-0.39, 0.29) is 23.8 Å². The summed E-state index contributed by atoms with van der Waals surface area (Å²) < 4.78 is 0. The average Bonchev–Trinajstić information content (AvgIpc) is 2.41. The first kappa shape index (κ1) is 16.7. The number of nitrogens with zero attached hydrogens (tertiary/aromatic N) is 1. The van der Waals surface area contributed by atoms with Crippen LogP contribution in [0.15, 0.2) is 0 Å². The van der Waals surface area contributed by atoms with Gasteiger partial charge in [-0.05, 0) is 25.2 Å². The van der Waals surface area contributed by atoms with Gasteiger partial charge in [-0.3, -0.25) is 9.59 Å². The van der Waals surface area contributed by atoms with Gasteiger partial charge in [0.1, 0.15) is 0 Å². The molecular formula is C16H27NO3S. The molecule has 120 valence electrons. The van der Waals surface area contributed by atoms with Crippen molar-refractivity contribution in [1.82, 2.24) is 4.90 Å². The van der Waals surface area contributed by atoms with Crippen molar-refractivity contribution in [2.75, 3.05) is 12.3 Å². The number of aliphatic carboxylic acids is 1. The number of carbonyl (C=O) groups is 2. The number of carboxylic acid groups (broad SMARTS) is 1. The van der Waals surface area contributed by atoms with Gasteiger partial charge in [0.05, 0.1) is 6.42 Å². The number of rotatable bonds is 4. The Labute approximate surface area is 131 Å². The maximum atomic E-state index is 12.7. The molecule has 0 bridgehead atoms. The van der Waals surface area contributed by atoms with Crippen molar-refractivity contribution < 1.29 is 14.7 Å². The van der Waals surface area contributed by atoms with Crippen molar-refractivity contribution in [3.8, 4) is 0 Å². The molecule has 2 atom stereocenters. The monoisotopic (exact) mass is 313 g/mol. The first-order valence-electron chi connectivity index (χ1n) is 8.06. The first-order chi connectivity index (χ1) is 9.93. The van der Waals surface area contributed by atoms with Crippen LogP contribution in [0.5, 0.6) is 0 Å². The van der Waals surface area contributed by atoms with Crippen LogP contribution in [-0.4, -0.2) is 45.5 Å². The molecule has 2 fully saturated rings. The Bertz CT molecular complexity index is 393. The molecule has 2 unspecified atom stereocenters. The van der Waals surface area contributed by atoms with Gasteiger partial charge in [-0.25, -0.2) is 0 Å². The van der Waals surface area contributed by atoms with E-state index in [0.717, 1.165) is 38.0 Å². The van der Waals surface area contributed by atoms with Crippen LogP contribution in [0.4, 0.5) is 0 Å². The van der Waals surface area contributed by atoms with Gasteiger partial charge in [-0.2, -0.15) is 11.8 Å². The average molecular weight is 313 g/mol. The number of amides is 1. The molecule has 1 heterocycles. The predicted molar refractivity (Wildman–Crippen MR) is 85.5 cm³/mol. The van der Waals surface area contributed by atoms with Gasteiger partial charge < -0.3 is 10.0 Å². The second-order valence-corrected chi connectivity index (χ2v) is 8.20. The van der Waals surface area contributed by atoms with Gasteiger partial charge >= 0.3 is 5.97 Å². The molecule has 2 aliphatic rings. The van der Waals surface area contributed by atoms with Gasteiger partial charge in [-0.15, -0.1) is 0 Å². The van der Waals surface area contributed by atoms with Crippen molar-refractivity contribution in [2.24, 2.45) is 5.41 Å². The summed E-state index contributed by atoms with van der Waals surface area (Å²) in [6.07, 6.45) is 5.62. The quantitative estimate of drug-likeness (QED) is 0.866. The van der Waals surface area contributed by atoms with E-state index in [9.17, 15) is 14.7 Å². The topological polar surface area (TPSA) is 57.6 Å². The first-order valence-corrected chi connectivity index (χ1v) is 9.11. The SMILES string of the molecule is CC1SCCN(C(=O)CC2(CC(=O)O)CCCCC2)C1C. The Morgan fingerprint density at radius 2 is 1.86 bits per heavy atom. The van der Waals surface area contributed by atoms with Crippen LogP contribution < -0.4 is 0 Å². The molecule has 1 amide bonds. The summed E-state index contributed by atoms with van der Waals surface area (Å²) in [5, 5.41) is 9.68. The Hall–Kier alpha value is -0.710. The molecule has 21 heavy (non-hydrogen) atoms. The molecule has 1 saturated heterocycles. The second kappa shape index (κ2) is 7.03. The van der Waals surface area contributed by atoms with E-state index in [1.165, 1.54) is 6.42 Å². The summed E-state index contributed by atoms with van der Waals surface area (Å²) in [6.45, 7) is 5.08. The Morgan fingerprint density at radius 1 is 1.19 bits per heavy atom. The number of hydrogen-bond donors (Lipinski definition) is 1. The van der Waals surface area contributed by atoms with Gasteiger partial charge in [0.2, 0.25) is 5.91 Å². The molecule has 1 aliphatic carbocycles. The molecule has 0 aromatic carbocycles. The van der Waals surface area contributed by atoms with E-state index in [4.69, 9.17) is 0 Å². The lowest BCUT2D eigenvalue weighted by atomic mass is 9.69. The highest BCUT2D eigenvalue weighted by molar-refractivity contribution is 8.00. The fraction of sp³-hybridized carbons (Fsp3) is 0.875. The summed E-state index contributed by atoms with van der Waals surface area (Å²) >= 11 is 1.92. The van der Waals surface area contributed by atoms with Gasteiger partial charge in [0, 0.05) is 30.0 Å². The minimum absolute atomic E-state index is 0.144. The molecule has 0 aromatic rings. The molecule has 2 rings (SSSR count). The van der Waals surface area contributed by atoms with Crippen LogP contribution in [-0.2, 0) is 9.59 Å². The van der Waals surface area contributed by atoms with Crippen LogP contribution in [0.1, 0.15) is 58.8 Å². The van der Waals surface area contributed by atoms with Gasteiger partial charge in [0.15, 0.2) is 0 Å². The van der Waals surface area contributed by atoms with Crippen molar-refractivity contribution in [1.29, 1.82) is 0 Å². The van der Waals surface area contributed by atoms with E-state index >= 15 is 0 Å². The van der Waals surface area contributed by atoms with Gasteiger partial charge in [0.25, 0.3) is 0 Å². The molecule has 1 N–H and O–H groups in total. The van der Waals surface area contributed by atoms with Crippen molar-refractivity contribution in [3.05, 3.63) is 0 Å². The van der Waals surface area contributed by atoms with Crippen LogP contribution in [0.2, 0.25) is 0 Å². The number of carboxylic acids is 1. The zero-order valence-corrected chi connectivity index (χ0v) is 14.0. The smallest absolute Gasteiger partial charge is 0.303 e. The van der Waals surface area contributed by atoms with Crippen LogP contribution in [0, 0.1) is 5.41 Å². The second-order valence-electron chi connectivity index (χ2n) is 6.71. The fourth-order valence-corrected chi connectivity index (χ4v) is 4.85. The van der Waals surface area contributed by atoms with Crippen molar-refractivity contribution >= 4 is 23.6 Å². The highest BCUT2D eigenvalue weighted by Crippen LogP contribution is 2.43. The molecule has 1 saturated carbocycles. The van der Waals surface area contributed by atoms with E-state index in [1.54, 1.807) is 0 Å². The maximum absolute atomic E-state index is 12.7. The molecule has 0 radical (unpaired) electrons. The normalized spacial score (nSPS) is 29.1. The predicted octanol–water partition coefficient (Wildman–Crippen LogP) is 3.15. The lowest BCUT2D eigenvalue weighted by Gasteiger charge is -2.41. The van der Waals surface area contributed by atoms with Crippen LogP contribution in [0.25, 0.3) is 0 Å². The largest absolute Gasteiger partial charge is 0.481 e. The van der Waals surface area contributed by atoms with E-state index in [0.29, 0.717) is 11.7 Å². The minimum Gasteiger partial charge on any atom is -0.481 e. The van der Waals surface area contributed by atoms with E-state index in [1.807, 2.05) is 16.7 Å². The lowest BCUT2D eigenvalue weighted by molar-refractivity contribution is -0.143. The molecule has 5 heteroatoms. The summed E-state index contributed by atoms with van der Waals surface area (Å²) in [7, 11) is 0. The van der Waals surface area contributed by atoms with E-state index < -0.39 is 5.97 Å². The third-order valence-electron chi connectivity index (χ3n) is 5.17. The number of thioether (sulfide) groups is 1. The summed E-state index contributed by atoms with van der Waals surface area (Å²) in [6, 6.07) is 0.252. The summed E-state index contributed by atoms with van der Waals surface area (Å²) in [4.78, 5) is 25.9. The fourth-order valence-electron chi connectivity index (χ4n) is 3.75. The maximum Gasteiger partial charge on any atom is 0.303 e. The molecule has 1 aliphatic heterocycles. The summed E-state index contributed by atoms with van der Waals surface area (Å²) in [5.41, 5.74) is -0.297. The van der Waals surface area contributed by atoms with Gasteiger partial charge in [-0.1, -0.05) is 26.2 Å². The van der Waals surface area contributed by atoms with Crippen molar-refractivity contribution in [3.63, 3.8) is 0 Å². The van der Waals surface area contributed by atoms with Crippen LogP contribution in [0.3, 0.4) is 0 Å². The lowest BCUT2D eigenvalue weighted by Crippen LogP contribution is -2.49. The molecular weight excluding hydrogens is 286 g/mol. The highest BCUT2D eigenvalue weighted by atomic mass is 32.2. The Morgan fingerprint density at radius 3 is 2.48 bits per heavy atom. The standard InChI is InChI=1S/C16H27NO3S/c1-12-13(2)21-9-8-17(12)14(18)10-16(11-15(19)20)6-4-3-5-7-16/h12-13H,3-11H2,1-2H3,(H,19,20).